The molecule has 1 aromatic rings. The molecule has 148 valence electrons. The summed E-state index contributed by atoms with van der Waals surface area (Å²) in [6, 6.07) is 5.21. The molecule has 1 amide bonds. The monoisotopic (exact) mass is 382 g/mol. The van der Waals surface area contributed by atoms with E-state index in [0.717, 1.165) is 31.7 Å². The van der Waals surface area contributed by atoms with Crippen LogP contribution in [0.3, 0.4) is 0 Å². The molecule has 1 aromatic carbocycles. The number of carbonyl (C=O) groups is 1. The van der Waals surface area contributed by atoms with Crippen molar-refractivity contribution in [3.05, 3.63) is 35.4 Å². The van der Waals surface area contributed by atoms with E-state index in [-0.39, 0.29) is 23.6 Å². The van der Waals surface area contributed by atoms with Gasteiger partial charge in [-0.05, 0) is 49.8 Å². The lowest BCUT2D eigenvalue weighted by molar-refractivity contribution is -0.137. The van der Waals surface area contributed by atoms with E-state index in [0.29, 0.717) is 31.7 Å². The smallest absolute Gasteiger partial charge is 0.373 e. The molecule has 2 aliphatic heterocycles. The topological polar surface area (TPSA) is 41.6 Å². The summed E-state index contributed by atoms with van der Waals surface area (Å²) in [5.74, 6) is 0.0758. The molecule has 4 nitrogen and oxygen atoms in total. The molecule has 27 heavy (non-hydrogen) atoms. The van der Waals surface area contributed by atoms with Gasteiger partial charge in [-0.3, -0.25) is 4.79 Å². The lowest BCUT2D eigenvalue weighted by Crippen LogP contribution is -2.42. The highest BCUT2D eigenvalue weighted by molar-refractivity contribution is 5.78. The normalized spacial score (nSPS) is 25.8. The van der Waals surface area contributed by atoms with Crippen LogP contribution >= 0.6 is 0 Å². The van der Waals surface area contributed by atoms with Gasteiger partial charge >= 0.3 is 6.18 Å². The van der Waals surface area contributed by atoms with E-state index in [9.17, 15) is 18.0 Å². The fourth-order valence-corrected chi connectivity index (χ4v) is 4.46. The number of carbonyl (C=O) groups excluding carboxylic acids is 1. The molecule has 1 spiro atoms. The second-order valence-corrected chi connectivity index (χ2v) is 8.03. The molecular weight excluding hydrogens is 357 g/mol. The highest BCUT2D eigenvalue weighted by atomic mass is 19.4. The summed E-state index contributed by atoms with van der Waals surface area (Å²) in [7, 11) is 0. The number of nitrogens with zero attached hydrogens (tertiary/aromatic N) is 1. The summed E-state index contributed by atoms with van der Waals surface area (Å²) < 4.78 is 45.4. The Hall–Kier alpha value is -1.60. The van der Waals surface area contributed by atoms with Crippen LogP contribution in [0.4, 0.5) is 13.2 Å². The van der Waals surface area contributed by atoms with E-state index in [2.05, 4.69) is 5.32 Å². The van der Waals surface area contributed by atoms with Crippen LogP contribution in [-0.4, -0.2) is 42.1 Å². The zero-order valence-electron chi connectivity index (χ0n) is 15.2. The van der Waals surface area contributed by atoms with Gasteiger partial charge in [0.25, 0.3) is 0 Å². The van der Waals surface area contributed by atoms with Gasteiger partial charge in [-0.2, -0.15) is 13.2 Å². The zero-order valence-corrected chi connectivity index (χ0v) is 15.2. The van der Waals surface area contributed by atoms with Gasteiger partial charge in [-0.1, -0.05) is 12.1 Å². The Kier molecular flexibility index (Phi) is 4.93. The molecule has 1 saturated carbocycles. The quantitative estimate of drug-likeness (QED) is 0.845. The Morgan fingerprint density at radius 1 is 1.30 bits per heavy atom. The van der Waals surface area contributed by atoms with Gasteiger partial charge in [0.05, 0.1) is 23.8 Å². The highest BCUT2D eigenvalue weighted by Crippen LogP contribution is 2.43. The number of amides is 1. The minimum atomic E-state index is -4.38. The minimum Gasteiger partial charge on any atom is -0.373 e. The standard InChI is InChI=1S/C20H25F3N2O2/c21-20(22,23)15-5-1-4-14(10-15)17(12-25-9-2-6-18(25)26)24-16-11-19(27-13-16)7-3-8-19/h1,4-5,10,16-17,24H,2-3,6-9,11-13H2. The fourth-order valence-electron chi connectivity index (χ4n) is 4.46. The molecule has 2 atom stereocenters. The van der Waals surface area contributed by atoms with Gasteiger partial charge in [-0.25, -0.2) is 0 Å². The number of likely N-dealkylation sites (tertiary alicyclic amines) is 1. The first-order valence-electron chi connectivity index (χ1n) is 9.70. The van der Waals surface area contributed by atoms with Gasteiger partial charge in [0.2, 0.25) is 5.91 Å². The molecule has 0 bridgehead atoms. The van der Waals surface area contributed by atoms with Crippen LogP contribution < -0.4 is 5.32 Å². The van der Waals surface area contributed by atoms with Crippen LogP contribution in [0, 0.1) is 0 Å². The van der Waals surface area contributed by atoms with Crippen molar-refractivity contribution in [3.8, 4) is 0 Å². The van der Waals surface area contributed by atoms with Gasteiger partial charge < -0.3 is 15.0 Å². The van der Waals surface area contributed by atoms with E-state index in [1.807, 2.05) is 0 Å². The highest BCUT2D eigenvalue weighted by Gasteiger charge is 2.45. The molecule has 4 rings (SSSR count). The van der Waals surface area contributed by atoms with E-state index < -0.39 is 11.7 Å². The van der Waals surface area contributed by atoms with E-state index in [1.54, 1.807) is 11.0 Å². The fraction of sp³-hybridized carbons (Fsp3) is 0.650. The molecule has 0 aromatic heterocycles. The summed E-state index contributed by atoms with van der Waals surface area (Å²) in [5, 5.41) is 3.50. The summed E-state index contributed by atoms with van der Waals surface area (Å²) >= 11 is 0. The van der Waals surface area contributed by atoms with Crippen LogP contribution in [0.1, 0.15) is 55.7 Å². The summed E-state index contributed by atoms with van der Waals surface area (Å²) in [6.45, 7) is 1.63. The van der Waals surface area contributed by atoms with Gasteiger partial charge in [0, 0.05) is 25.6 Å². The number of hydrogen-bond acceptors (Lipinski definition) is 3. The largest absolute Gasteiger partial charge is 0.416 e. The van der Waals surface area contributed by atoms with Crippen LogP contribution in [0.15, 0.2) is 24.3 Å². The predicted molar refractivity (Wildman–Crippen MR) is 94.1 cm³/mol. The molecule has 1 N–H and O–H groups in total. The molecule has 3 fully saturated rings. The number of benzene rings is 1. The summed E-state index contributed by atoms with van der Waals surface area (Å²) in [6.07, 6.45) is 1.13. The Balaban J connectivity index is 1.53. The molecule has 2 unspecified atom stereocenters. The maximum absolute atomic E-state index is 13.2. The summed E-state index contributed by atoms with van der Waals surface area (Å²) in [5.41, 5.74) is -0.115. The molecule has 7 heteroatoms. The first-order chi connectivity index (χ1) is 12.8. The Morgan fingerprint density at radius 3 is 2.70 bits per heavy atom. The van der Waals surface area contributed by atoms with Crippen molar-refractivity contribution in [3.63, 3.8) is 0 Å². The Morgan fingerprint density at radius 2 is 2.11 bits per heavy atom. The predicted octanol–water partition coefficient (Wildman–Crippen LogP) is 3.67. The number of rotatable bonds is 5. The second-order valence-electron chi connectivity index (χ2n) is 8.03. The molecule has 1 aliphatic carbocycles. The lowest BCUT2D eigenvalue weighted by atomic mass is 9.77. The van der Waals surface area contributed by atoms with Crippen molar-refractivity contribution in [1.29, 1.82) is 0 Å². The van der Waals surface area contributed by atoms with E-state index in [1.165, 1.54) is 18.6 Å². The van der Waals surface area contributed by atoms with Crippen molar-refractivity contribution in [2.45, 2.75) is 62.4 Å². The van der Waals surface area contributed by atoms with Crippen LogP contribution in [0.5, 0.6) is 0 Å². The maximum Gasteiger partial charge on any atom is 0.416 e. The number of nitrogens with one attached hydrogen (secondary N) is 1. The summed E-state index contributed by atoms with van der Waals surface area (Å²) in [4.78, 5) is 13.8. The third kappa shape index (κ3) is 3.99. The SMILES string of the molecule is O=C1CCCN1CC(NC1COC2(CCC2)C1)c1cccc(C(F)(F)F)c1. The lowest BCUT2D eigenvalue weighted by Gasteiger charge is -2.37. The minimum absolute atomic E-state index is 0.0283. The zero-order chi connectivity index (χ0) is 19.1. The molecule has 2 saturated heterocycles. The molecule has 2 heterocycles. The maximum atomic E-state index is 13.2. The van der Waals surface area contributed by atoms with Crippen molar-refractivity contribution in [1.82, 2.24) is 10.2 Å². The molecule has 0 radical (unpaired) electrons. The van der Waals surface area contributed by atoms with Crippen molar-refractivity contribution in [2.24, 2.45) is 0 Å². The number of halogens is 3. The Labute approximate surface area is 157 Å². The Bertz CT molecular complexity index is 703. The number of alkyl halides is 3. The van der Waals surface area contributed by atoms with Crippen LogP contribution in [0.25, 0.3) is 0 Å². The van der Waals surface area contributed by atoms with Gasteiger partial charge in [-0.15, -0.1) is 0 Å². The third-order valence-corrected chi connectivity index (χ3v) is 6.10. The second kappa shape index (κ2) is 7.09. The first-order valence-corrected chi connectivity index (χ1v) is 9.70. The average Bonchev–Trinajstić information content (AvgIpc) is 3.20. The first kappa shape index (κ1) is 18.7. The van der Waals surface area contributed by atoms with Crippen molar-refractivity contribution < 1.29 is 22.7 Å². The number of hydrogen-bond donors (Lipinski definition) is 1. The average molecular weight is 382 g/mol. The third-order valence-electron chi connectivity index (χ3n) is 6.10. The number of ether oxygens (including phenoxy) is 1. The van der Waals surface area contributed by atoms with Gasteiger partial charge in [0.15, 0.2) is 0 Å². The molecular formula is C20H25F3N2O2. The van der Waals surface area contributed by atoms with Crippen molar-refractivity contribution >= 4 is 5.91 Å². The van der Waals surface area contributed by atoms with E-state index in [4.69, 9.17) is 4.74 Å². The molecule has 3 aliphatic rings. The van der Waals surface area contributed by atoms with Crippen molar-refractivity contribution in [2.75, 3.05) is 19.7 Å². The van der Waals surface area contributed by atoms with Gasteiger partial charge in [0.1, 0.15) is 0 Å². The van der Waals surface area contributed by atoms with Crippen LogP contribution in [0.2, 0.25) is 0 Å². The van der Waals surface area contributed by atoms with E-state index >= 15 is 0 Å². The van der Waals surface area contributed by atoms with Crippen LogP contribution in [-0.2, 0) is 15.7 Å².